The Balaban J connectivity index is 1.93. The fourth-order valence-corrected chi connectivity index (χ4v) is 3.60. The van der Waals surface area contributed by atoms with Gasteiger partial charge in [-0.15, -0.1) is 0 Å². The van der Waals surface area contributed by atoms with Crippen molar-refractivity contribution in [3.63, 3.8) is 0 Å². The van der Waals surface area contributed by atoms with Gasteiger partial charge in [0.25, 0.3) is 0 Å². The predicted octanol–water partition coefficient (Wildman–Crippen LogP) is 6.17. The highest BCUT2D eigenvalue weighted by atomic mass is 16.5. The third-order valence-corrected chi connectivity index (χ3v) is 5.02. The van der Waals surface area contributed by atoms with Gasteiger partial charge < -0.3 is 14.0 Å². The minimum Gasteiger partial charge on any atom is -0.497 e. The summed E-state index contributed by atoms with van der Waals surface area (Å²) in [6, 6.07) is 12.7. The zero-order valence-electron chi connectivity index (χ0n) is 15.7. The highest BCUT2D eigenvalue weighted by Gasteiger charge is 2.12. The molecule has 2 aromatic carbocycles. The molecule has 0 N–H and O–H groups in total. The number of aromatic nitrogens is 1. The Bertz CT molecular complexity index is 774. The number of methoxy groups -OCH3 is 2. The van der Waals surface area contributed by atoms with Crippen LogP contribution in [-0.2, 0) is 6.54 Å². The fourth-order valence-electron chi connectivity index (χ4n) is 3.60. The van der Waals surface area contributed by atoms with Crippen molar-refractivity contribution < 1.29 is 9.47 Å². The van der Waals surface area contributed by atoms with Crippen LogP contribution in [0.2, 0.25) is 0 Å². The first-order valence-corrected chi connectivity index (χ1v) is 9.42. The van der Waals surface area contributed by atoms with Crippen molar-refractivity contribution in [2.45, 2.75) is 52.0 Å². The zero-order valence-corrected chi connectivity index (χ0v) is 15.7. The van der Waals surface area contributed by atoms with E-state index in [4.69, 9.17) is 9.47 Å². The van der Waals surface area contributed by atoms with Crippen molar-refractivity contribution in [1.29, 1.82) is 0 Å². The maximum atomic E-state index is 5.45. The van der Waals surface area contributed by atoms with Crippen molar-refractivity contribution >= 4 is 21.8 Å². The Morgan fingerprint density at radius 1 is 0.720 bits per heavy atom. The summed E-state index contributed by atoms with van der Waals surface area (Å²) in [7, 11) is 3.45. The van der Waals surface area contributed by atoms with Gasteiger partial charge in [0.05, 0.1) is 25.3 Å². The van der Waals surface area contributed by atoms with Gasteiger partial charge >= 0.3 is 0 Å². The summed E-state index contributed by atoms with van der Waals surface area (Å²) in [4.78, 5) is 0. The smallest absolute Gasteiger partial charge is 0.120 e. The second-order valence-corrected chi connectivity index (χ2v) is 6.69. The van der Waals surface area contributed by atoms with E-state index in [2.05, 4.69) is 35.8 Å². The number of hydrogen-bond acceptors (Lipinski definition) is 2. The summed E-state index contributed by atoms with van der Waals surface area (Å²) in [6.07, 6.45) is 7.82. The molecule has 0 unspecified atom stereocenters. The normalized spacial score (nSPS) is 11.3. The van der Waals surface area contributed by atoms with Crippen molar-refractivity contribution in [3.8, 4) is 11.5 Å². The number of aryl methyl sites for hydroxylation is 1. The molecule has 3 nitrogen and oxygen atoms in total. The average Bonchev–Trinajstić information content (AvgIpc) is 2.96. The molecule has 0 spiro atoms. The minimum absolute atomic E-state index is 0.909. The first-order valence-electron chi connectivity index (χ1n) is 9.42. The molecule has 3 rings (SSSR count). The SMILES string of the molecule is CCCCCCCCn1c2cc(OC)ccc2c2ccc(OC)cc21. The van der Waals surface area contributed by atoms with Crippen molar-refractivity contribution in [3.05, 3.63) is 36.4 Å². The summed E-state index contributed by atoms with van der Waals surface area (Å²) in [5.74, 6) is 1.82. The topological polar surface area (TPSA) is 23.4 Å². The van der Waals surface area contributed by atoms with Gasteiger partial charge in [-0.05, 0) is 30.7 Å². The van der Waals surface area contributed by atoms with Crippen LogP contribution < -0.4 is 9.47 Å². The average molecular weight is 339 g/mol. The number of fused-ring (bicyclic) bond motifs is 3. The number of rotatable bonds is 9. The molecule has 0 atom stereocenters. The highest BCUT2D eigenvalue weighted by Crippen LogP contribution is 2.34. The van der Waals surface area contributed by atoms with Gasteiger partial charge in [0.1, 0.15) is 11.5 Å². The first kappa shape index (κ1) is 17.7. The van der Waals surface area contributed by atoms with Crippen LogP contribution in [-0.4, -0.2) is 18.8 Å². The summed E-state index contributed by atoms with van der Waals surface area (Å²) in [5.41, 5.74) is 2.49. The lowest BCUT2D eigenvalue weighted by molar-refractivity contribution is 0.415. The Hall–Kier alpha value is -2.16. The monoisotopic (exact) mass is 339 g/mol. The molecule has 0 radical (unpaired) electrons. The molecule has 0 amide bonds. The van der Waals surface area contributed by atoms with E-state index in [9.17, 15) is 0 Å². The Morgan fingerprint density at radius 2 is 1.24 bits per heavy atom. The van der Waals surface area contributed by atoms with Crippen molar-refractivity contribution in [2.75, 3.05) is 14.2 Å². The molecule has 3 aromatic rings. The van der Waals surface area contributed by atoms with E-state index in [0.717, 1.165) is 18.0 Å². The number of unbranched alkanes of at least 4 members (excludes halogenated alkanes) is 5. The fraction of sp³-hybridized carbons (Fsp3) is 0.455. The quantitative estimate of drug-likeness (QED) is 0.435. The molecular weight excluding hydrogens is 310 g/mol. The molecule has 0 saturated carbocycles. The summed E-state index contributed by atoms with van der Waals surface area (Å²) >= 11 is 0. The standard InChI is InChI=1S/C22H29NO2/c1-4-5-6-7-8-9-14-23-21-15-17(24-2)10-12-19(21)20-13-11-18(25-3)16-22(20)23/h10-13,15-16H,4-9,14H2,1-3H3. The van der Waals surface area contributed by atoms with Gasteiger partial charge in [0, 0.05) is 29.4 Å². The predicted molar refractivity (Wildman–Crippen MR) is 106 cm³/mol. The van der Waals surface area contributed by atoms with Crippen LogP contribution in [0.5, 0.6) is 11.5 Å². The van der Waals surface area contributed by atoms with Crippen LogP contribution >= 0.6 is 0 Å². The second-order valence-electron chi connectivity index (χ2n) is 6.69. The van der Waals surface area contributed by atoms with E-state index in [0.29, 0.717) is 0 Å². The second kappa shape index (κ2) is 8.28. The molecular formula is C22H29NO2. The highest BCUT2D eigenvalue weighted by molar-refractivity contribution is 6.08. The Labute approximate surface area is 150 Å². The summed E-state index contributed by atoms with van der Waals surface area (Å²) < 4.78 is 13.3. The van der Waals surface area contributed by atoms with E-state index in [1.807, 2.05) is 12.1 Å². The van der Waals surface area contributed by atoms with Crippen LogP contribution in [0.1, 0.15) is 45.4 Å². The molecule has 1 heterocycles. The van der Waals surface area contributed by atoms with Crippen LogP contribution in [0.4, 0.5) is 0 Å². The number of benzene rings is 2. The molecule has 3 heteroatoms. The molecule has 25 heavy (non-hydrogen) atoms. The molecule has 1 aromatic heterocycles. The lowest BCUT2D eigenvalue weighted by Crippen LogP contribution is -1.98. The van der Waals surface area contributed by atoms with E-state index in [1.54, 1.807) is 14.2 Å². The lowest BCUT2D eigenvalue weighted by Gasteiger charge is -2.09. The summed E-state index contributed by atoms with van der Waals surface area (Å²) in [5, 5.41) is 2.56. The molecule has 134 valence electrons. The van der Waals surface area contributed by atoms with Gasteiger partial charge in [0.2, 0.25) is 0 Å². The molecule has 0 bridgehead atoms. The number of hydrogen-bond donors (Lipinski definition) is 0. The largest absolute Gasteiger partial charge is 0.497 e. The van der Waals surface area contributed by atoms with Gasteiger partial charge in [-0.2, -0.15) is 0 Å². The van der Waals surface area contributed by atoms with Crippen molar-refractivity contribution in [1.82, 2.24) is 4.57 Å². The van der Waals surface area contributed by atoms with Crippen LogP contribution in [0.15, 0.2) is 36.4 Å². The van der Waals surface area contributed by atoms with Gasteiger partial charge in [-0.25, -0.2) is 0 Å². The van der Waals surface area contributed by atoms with Gasteiger partial charge in [-0.3, -0.25) is 0 Å². The van der Waals surface area contributed by atoms with E-state index >= 15 is 0 Å². The maximum absolute atomic E-state index is 5.45. The Kier molecular flexibility index (Phi) is 5.85. The zero-order chi connectivity index (χ0) is 17.6. The molecule has 0 aliphatic carbocycles. The van der Waals surface area contributed by atoms with Crippen LogP contribution in [0, 0.1) is 0 Å². The van der Waals surface area contributed by atoms with E-state index in [1.165, 1.54) is 60.3 Å². The lowest BCUT2D eigenvalue weighted by atomic mass is 10.1. The van der Waals surface area contributed by atoms with Crippen LogP contribution in [0.3, 0.4) is 0 Å². The number of ether oxygens (including phenoxy) is 2. The number of nitrogens with zero attached hydrogens (tertiary/aromatic N) is 1. The molecule has 0 fully saturated rings. The third-order valence-electron chi connectivity index (χ3n) is 5.02. The van der Waals surface area contributed by atoms with Crippen LogP contribution in [0.25, 0.3) is 21.8 Å². The molecule has 0 aliphatic rings. The molecule has 0 aliphatic heterocycles. The van der Waals surface area contributed by atoms with Crippen molar-refractivity contribution in [2.24, 2.45) is 0 Å². The van der Waals surface area contributed by atoms with E-state index < -0.39 is 0 Å². The van der Waals surface area contributed by atoms with Gasteiger partial charge in [0.15, 0.2) is 0 Å². The third kappa shape index (κ3) is 3.76. The maximum Gasteiger partial charge on any atom is 0.120 e. The minimum atomic E-state index is 0.909. The Morgan fingerprint density at radius 3 is 1.76 bits per heavy atom. The summed E-state index contributed by atoms with van der Waals surface area (Å²) in [6.45, 7) is 3.30. The first-order chi connectivity index (χ1) is 12.3. The molecule has 0 saturated heterocycles. The van der Waals surface area contributed by atoms with E-state index in [-0.39, 0.29) is 0 Å². The van der Waals surface area contributed by atoms with Gasteiger partial charge in [-0.1, -0.05) is 39.0 Å².